The van der Waals surface area contributed by atoms with Crippen LogP contribution in [0.15, 0.2) is 48.7 Å². The van der Waals surface area contributed by atoms with E-state index in [4.69, 9.17) is 0 Å². The largest absolute Gasteiger partial charge is 0.348 e. The highest BCUT2D eigenvalue weighted by Gasteiger charge is 2.20. The molecule has 4 aromatic rings. The molecule has 1 saturated heterocycles. The van der Waals surface area contributed by atoms with Gasteiger partial charge in [0.15, 0.2) is 0 Å². The van der Waals surface area contributed by atoms with E-state index in [0.717, 1.165) is 39.7 Å². The predicted molar refractivity (Wildman–Crippen MR) is 129 cm³/mol. The maximum Gasteiger partial charge on any atom is 0.313 e. The Balaban J connectivity index is 1.27. The van der Waals surface area contributed by atoms with Gasteiger partial charge in [-0.3, -0.25) is 19.5 Å². The van der Waals surface area contributed by atoms with Crippen LogP contribution in [0.3, 0.4) is 0 Å². The fourth-order valence-corrected chi connectivity index (χ4v) is 5.20. The summed E-state index contributed by atoms with van der Waals surface area (Å²) in [5.74, 6) is -1.26. The van der Waals surface area contributed by atoms with Crippen molar-refractivity contribution in [1.82, 2.24) is 20.4 Å². The normalized spacial score (nSPS) is 13.7. The summed E-state index contributed by atoms with van der Waals surface area (Å²) >= 11 is 1.66. The highest BCUT2D eigenvalue weighted by molar-refractivity contribution is 7.22. The Bertz CT molecular complexity index is 1330. The van der Waals surface area contributed by atoms with E-state index in [1.54, 1.807) is 28.5 Å². The van der Waals surface area contributed by atoms with Crippen molar-refractivity contribution in [2.24, 2.45) is 0 Å². The van der Waals surface area contributed by atoms with Crippen molar-refractivity contribution in [3.05, 3.63) is 48.7 Å². The van der Waals surface area contributed by atoms with Gasteiger partial charge < -0.3 is 15.5 Å². The predicted octanol–water partition coefficient (Wildman–Crippen LogP) is 3.51. The van der Waals surface area contributed by atoms with Crippen LogP contribution in [0.4, 0.5) is 5.69 Å². The van der Waals surface area contributed by atoms with Gasteiger partial charge in [0.1, 0.15) is 0 Å². The molecule has 0 bridgehead atoms. The number of anilines is 1. The molecule has 0 aliphatic carbocycles. The number of aromatic amines is 1. The standard InChI is InChI=1S/C24H23N5O3S/c30-21-7-3-9-29(21)10-4-8-25-23(31)24(32)27-17-11-16-14-26-28-22(16)18(13-17)20-12-15-5-1-2-6-19(15)33-20/h1-2,5-6,11-14H,3-4,7-10H2,(H,25,31)(H,26,28)(H,27,32). The van der Waals surface area contributed by atoms with Crippen LogP contribution in [0.5, 0.6) is 0 Å². The number of rotatable bonds is 6. The summed E-state index contributed by atoms with van der Waals surface area (Å²) in [5, 5.41) is 14.5. The number of nitrogens with zero attached hydrogens (tertiary/aromatic N) is 2. The van der Waals surface area contributed by atoms with Gasteiger partial charge in [-0.2, -0.15) is 5.10 Å². The van der Waals surface area contributed by atoms with Crippen LogP contribution in [0.25, 0.3) is 31.4 Å². The maximum atomic E-state index is 12.5. The zero-order valence-electron chi connectivity index (χ0n) is 17.9. The van der Waals surface area contributed by atoms with E-state index in [2.05, 4.69) is 39.0 Å². The number of amides is 3. The quantitative estimate of drug-likeness (QED) is 0.302. The second kappa shape index (κ2) is 9.03. The summed E-state index contributed by atoms with van der Waals surface area (Å²) in [7, 11) is 0. The van der Waals surface area contributed by atoms with E-state index in [9.17, 15) is 14.4 Å². The second-order valence-electron chi connectivity index (χ2n) is 8.05. The number of fused-ring (bicyclic) bond motifs is 2. The van der Waals surface area contributed by atoms with Crippen LogP contribution in [0.1, 0.15) is 19.3 Å². The molecule has 9 heteroatoms. The van der Waals surface area contributed by atoms with Crippen LogP contribution in [0.2, 0.25) is 0 Å². The summed E-state index contributed by atoms with van der Waals surface area (Å²) in [4.78, 5) is 39.2. The molecule has 1 fully saturated rings. The van der Waals surface area contributed by atoms with Gasteiger partial charge in [-0.15, -0.1) is 11.3 Å². The molecule has 168 valence electrons. The molecule has 3 heterocycles. The van der Waals surface area contributed by atoms with Gasteiger partial charge in [0.05, 0.1) is 11.7 Å². The van der Waals surface area contributed by atoms with Gasteiger partial charge in [0.25, 0.3) is 0 Å². The van der Waals surface area contributed by atoms with Crippen LogP contribution in [-0.2, 0) is 14.4 Å². The fourth-order valence-electron chi connectivity index (χ4n) is 4.12. The molecule has 0 saturated carbocycles. The molecule has 8 nitrogen and oxygen atoms in total. The van der Waals surface area contributed by atoms with Crippen LogP contribution < -0.4 is 10.6 Å². The van der Waals surface area contributed by atoms with E-state index >= 15 is 0 Å². The Morgan fingerprint density at radius 2 is 2.00 bits per heavy atom. The molecule has 1 aliphatic rings. The minimum absolute atomic E-state index is 0.156. The summed E-state index contributed by atoms with van der Waals surface area (Å²) in [6.45, 7) is 1.70. The van der Waals surface area contributed by atoms with Crippen LogP contribution in [-0.4, -0.2) is 52.5 Å². The third-order valence-corrected chi connectivity index (χ3v) is 6.92. The SMILES string of the molecule is O=C(NCCCN1CCCC1=O)C(=O)Nc1cc(-c2cc3ccccc3s2)c2[nH]ncc2c1. The van der Waals surface area contributed by atoms with Crippen molar-refractivity contribution in [2.45, 2.75) is 19.3 Å². The number of carbonyl (C=O) groups is 3. The molecule has 2 aromatic carbocycles. The van der Waals surface area contributed by atoms with E-state index in [0.29, 0.717) is 31.6 Å². The number of likely N-dealkylation sites (tertiary alicyclic amines) is 1. The molecule has 0 spiro atoms. The topological polar surface area (TPSA) is 107 Å². The zero-order valence-corrected chi connectivity index (χ0v) is 18.7. The monoisotopic (exact) mass is 461 g/mol. The smallest absolute Gasteiger partial charge is 0.313 e. The van der Waals surface area contributed by atoms with Gasteiger partial charge in [-0.05, 0) is 42.5 Å². The number of hydrogen-bond acceptors (Lipinski definition) is 5. The van der Waals surface area contributed by atoms with Crippen molar-refractivity contribution in [3.63, 3.8) is 0 Å². The van der Waals surface area contributed by atoms with E-state index < -0.39 is 11.8 Å². The molecule has 3 amide bonds. The Hall–Kier alpha value is -3.72. The summed E-state index contributed by atoms with van der Waals surface area (Å²) in [5.41, 5.74) is 2.32. The first-order valence-corrected chi connectivity index (χ1v) is 11.7. The molecule has 0 radical (unpaired) electrons. The van der Waals surface area contributed by atoms with Gasteiger partial charge in [0, 0.05) is 52.3 Å². The van der Waals surface area contributed by atoms with Crippen molar-refractivity contribution >= 4 is 55.7 Å². The number of nitrogens with one attached hydrogen (secondary N) is 3. The van der Waals surface area contributed by atoms with Gasteiger partial charge in [-0.25, -0.2) is 0 Å². The van der Waals surface area contributed by atoms with Crippen molar-refractivity contribution in [3.8, 4) is 10.4 Å². The van der Waals surface area contributed by atoms with Crippen molar-refractivity contribution < 1.29 is 14.4 Å². The molecule has 0 unspecified atom stereocenters. The Morgan fingerprint density at radius 1 is 1.12 bits per heavy atom. The van der Waals surface area contributed by atoms with E-state index in [-0.39, 0.29) is 5.91 Å². The van der Waals surface area contributed by atoms with Gasteiger partial charge in [0.2, 0.25) is 5.91 Å². The van der Waals surface area contributed by atoms with Crippen molar-refractivity contribution in [1.29, 1.82) is 0 Å². The lowest BCUT2D eigenvalue weighted by Gasteiger charge is -2.15. The Morgan fingerprint density at radius 3 is 2.82 bits per heavy atom. The number of benzene rings is 2. The molecule has 3 N–H and O–H groups in total. The first-order chi connectivity index (χ1) is 16.1. The van der Waals surface area contributed by atoms with E-state index in [1.807, 2.05) is 18.2 Å². The van der Waals surface area contributed by atoms with Crippen molar-refractivity contribution in [2.75, 3.05) is 25.0 Å². The highest BCUT2D eigenvalue weighted by atomic mass is 32.1. The first-order valence-electron chi connectivity index (χ1n) is 10.9. The first kappa shape index (κ1) is 21.1. The van der Waals surface area contributed by atoms with Gasteiger partial charge in [-0.1, -0.05) is 18.2 Å². The molecular formula is C24H23N5O3S. The average molecular weight is 462 g/mol. The Labute approximate surface area is 194 Å². The molecule has 33 heavy (non-hydrogen) atoms. The lowest BCUT2D eigenvalue weighted by molar-refractivity contribution is -0.136. The molecule has 1 aliphatic heterocycles. The molecule has 2 aromatic heterocycles. The van der Waals surface area contributed by atoms with Gasteiger partial charge >= 0.3 is 11.8 Å². The Kier molecular flexibility index (Phi) is 5.78. The second-order valence-corrected chi connectivity index (χ2v) is 9.14. The average Bonchev–Trinajstić information content (AvgIpc) is 3.55. The van der Waals surface area contributed by atoms with E-state index in [1.165, 1.54) is 4.70 Å². The van der Waals surface area contributed by atoms with Crippen LogP contribution >= 0.6 is 11.3 Å². The number of thiophene rings is 1. The molecule has 5 rings (SSSR count). The summed E-state index contributed by atoms with van der Waals surface area (Å²) in [6, 6.07) is 13.9. The molecule has 0 atom stereocenters. The third kappa shape index (κ3) is 4.45. The molecular weight excluding hydrogens is 438 g/mol. The maximum absolute atomic E-state index is 12.5. The fraction of sp³-hybridized carbons (Fsp3) is 0.250. The third-order valence-electron chi connectivity index (χ3n) is 5.77. The number of aromatic nitrogens is 2. The number of H-pyrrole nitrogens is 1. The summed E-state index contributed by atoms with van der Waals surface area (Å²) < 4.78 is 1.17. The minimum atomic E-state index is -0.725. The number of hydrogen-bond donors (Lipinski definition) is 3. The highest BCUT2D eigenvalue weighted by Crippen LogP contribution is 2.38. The zero-order chi connectivity index (χ0) is 22.8. The minimum Gasteiger partial charge on any atom is -0.348 e. The summed E-state index contributed by atoms with van der Waals surface area (Å²) in [6.07, 6.45) is 3.79. The lowest BCUT2D eigenvalue weighted by Crippen LogP contribution is -2.37. The van der Waals surface area contributed by atoms with Crippen LogP contribution in [0, 0.1) is 0 Å². The number of carbonyl (C=O) groups excluding carboxylic acids is 3. The lowest BCUT2D eigenvalue weighted by atomic mass is 10.1.